The van der Waals surface area contributed by atoms with Crippen molar-refractivity contribution in [2.24, 2.45) is 5.73 Å². The van der Waals surface area contributed by atoms with Gasteiger partial charge < -0.3 is 19.9 Å². The van der Waals surface area contributed by atoms with Gasteiger partial charge in [0.2, 0.25) is 0 Å². The Balaban J connectivity index is 4.31. The lowest BCUT2D eigenvalue weighted by Crippen LogP contribution is -2.73. The average Bonchev–Trinajstić information content (AvgIpc) is 2.34. The number of halogens is 1. The fraction of sp³-hybridized carbons (Fsp3) is 0.727. The smallest absolute Gasteiger partial charge is 0.189 e. The van der Waals surface area contributed by atoms with Gasteiger partial charge >= 0.3 is 0 Å². The molecule has 0 spiro atoms. The number of nitrogens with one attached hydrogen (secondary N) is 1. The summed E-state index contributed by atoms with van der Waals surface area (Å²) in [7, 11) is 1.64. The first-order valence-electron chi connectivity index (χ1n) is 5.59. The van der Waals surface area contributed by atoms with Crippen molar-refractivity contribution in [2.45, 2.75) is 26.2 Å². The van der Waals surface area contributed by atoms with Gasteiger partial charge in [0.05, 0.1) is 3.58 Å². The number of allylic oxidation sites excluding steroid dienone is 1. The van der Waals surface area contributed by atoms with E-state index >= 15 is 0 Å². The van der Waals surface area contributed by atoms with Crippen LogP contribution in [0, 0.1) is 0 Å². The maximum Gasteiger partial charge on any atom is 0.189 e. The van der Waals surface area contributed by atoms with Crippen molar-refractivity contribution in [2.75, 3.05) is 26.9 Å². The van der Waals surface area contributed by atoms with Crippen molar-refractivity contribution in [1.82, 2.24) is 0 Å². The van der Waals surface area contributed by atoms with Gasteiger partial charge in [0.15, 0.2) is 25.2 Å². The summed E-state index contributed by atoms with van der Waals surface area (Å²) in [5, 5.41) is 0. The zero-order chi connectivity index (χ0) is 13.1. The second kappa shape index (κ2) is 10.9. The highest BCUT2D eigenvalue weighted by atomic mass is 127. The van der Waals surface area contributed by atoms with Crippen molar-refractivity contribution in [3.05, 3.63) is 9.78 Å². The molecule has 0 aliphatic rings. The summed E-state index contributed by atoms with van der Waals surface area (Å²) in [4.78, 5) is 3.12. The summed E-state index contributed by atoms with van der Waals surface area (Å²) in [5.74, 6) is 0. The van der Waals surface area contributed by atoms with Crippen LogP contribution in [0.15, 0.2) is 9.78 Å². The van der Waals surface area contributed by atoms with Gasteiger partial charge in [-0.3, -0.25) is 0 Å². The van der Waals surface area contributed by atoms with Crippen LogP contribution in [0.3, 0.4) is 0 Å². The molecule has 0 fully saturated rings. The Morgan fingerprint density at radius 1 is 1.35 bits per heavy atom. The number of methoxy groups -OCH3 is 1. The molecule has 0 radical (unpaired) electrons. The molecule has 0 saturated carbocycles. The minimum absolute atomic E-state index is 0.159. The van der Waals surface area contributed by atoms with Crippen molar-refractivity contribution in [3.63, 3.8) is 0 Å². The fourth-order valence-corrected chi connectivity index (χ4v) is 1.42. The molecule has 0 aromatic rings. The van der Waals surface area contributed by atoms with E-state index < -0.39 is 0 Å². The number of ether oxygens (including phenoxy) is 3. The standard InChI is InChI=1S/C11H21IN2O3/c1-4-16-11(17-5-2)10(15-3)8-14-7-9(12)6-13/h6-7,10-11H,4-5,8,13H2,1-3H3/p+1. The molecule has 3 N–H and O–H groups in total. The van der Waals surface area contributed by atoms with Gasteiger partial charge in [-0.1, -0.05) is 0 Å². The van der Waals surface area contributed by atoms with Gasteiger partial charge in [-0.25, -0.2) is 4.99 Å². The van der Waals surface area contributed by atoms with Gasteiger partial charge in [-0.2, -0.15) is 0 Å². The zero-order valence-electron chi connectivity index (χ0n) is 10.6. The van der Waals surface area contributed by atoms with Crippen LogP contribution < -0.4 is 10.7 Å². The summed E-state index contributed by atoms with van der Waals surface area (Å²) in [5.41, 5.74) is 5.36. The lowest BCUT2D eigenvalue weighted by Gasteiger charge is -2.22. The Labute approximate surface area is 117 Å². The molecule has 0 aliphatic heterocycles. The van der Waals surface area contributed by atoms with Crippen molar-refractivity contribution in [3.8, 4) is 0 Å². The number of rotatable bonds is 9. The van der Waals surface area contributed by atoms with Crippen LogP contribution in [0.1, 0.15) is 13.8 Å². The molecule has 0 saturated heterocycles. The Morgan fingerprint density at radius 2 is 1.94 bits per heavy atom. The topological polar surface area (TPSA) is 67.7 Å². The summed E-state index contributed by atoms with van der Waals surface area (Å²) in [6.45, 7) is 5.64. The summed E-state index contributed by atoms with van der Waals surface area (Å²) in [6.07, 6.45) is 2.84. The van der Waals surface area contributed by atoms with E-state index in [1.165, 1.54) is 6.20 Å². The molecule has 0 aliphatic carbocycles. The van der Waals surface area contributed by atoms with Crippen LogP contribution in [-0.2, 0) is 14.2 Å². The predicted molar refractivity (Wildman–Crippen MR) is 76.0 cm³/mol. The number of nitrogens with two attached hydrogens (primary N) is 1. The van der Waals surface area contributed by atoms with Gasteiger partial charge in [0, 0.05) is 26.5 Å². The monoisotopic (exact) mass is 357 g/mol. The van der Waals surface area contributed by atoms with Crippen LogP contribution in [0.4, 0.5) is 0 Å². The van der Waals surface area contributed by atoms with Crippen LogP contribution in [0.25, 0.3) is 0 Å². The maximum atomic E-state index is 5.48. The van der Waals surface area contributed by atoms with Gasteiger partial charge in [0.1, 0.15) is 0 Å². The third-order valence-corrected chi connectivity index (χ3v) is 2.66. The molecule has 1 unspecified atom stereocenters. The molecule has 0 bridgehead atoms. The minimum atomic E-state index is -0.351. The van der Waals surface area contributed by atoms with E-state index in [4.69, 9.17) is 19.9 Å². The van der Waals surface area contributed by atoms with Gasteiger partial charge in [-0.15, -0.1) is 0 Å². The second-order valence-electron chi connectivity index (χ2n) is 3.16. The number of hydrogen-bond acceptors (Lipinski definition) is 4. The van der Waals surface area contributed by atoms with Crippen LogP contribution in [0.2, 0.25) is 0 Å². The Hall–Kier alpha value is -0.180. The molecule has 0 aromatic carbocycles. The van der Waals surface area contributed by atoms with Crippen molar-refractivity contribution < 1.29 is 19.2 Å². The lowest BCUT2D eigenvalue weighted by atomic mass is 10.3. The normalized spacial score (nSPS) is 14.8. The molecule has 0 heterocycles. The average molecular weight is 357 g/mol. The highest BCUT2D eigenvalue weighted by molar-refractivity contribution is 14.1. The number of hydrogen-bond donors (Lipinski definition) is 2. The molecular formula is C11H22IN2O3+. The summed E-state index contributed by atoms with van der Waals surface area (Å²) >= 11 is 2.13. The Bertz CT molecular complexity index is 241. The van der Waals surface area contributed by atoms with E-state index in [-0.39, 0.29) is 12.4 Å². The Morgan fingerprint density at radius 3 is 2.35 bits per heavy atom. The van der Waals surface area contributed by atoms with Crippen molar-refractivity contribution >= 4 is 28.8 Å². The molecule has 0 rings (SSSR count). The molecule has 6 heteroatoms. The summed E-state index contributed by atoms with van der Waals surface area (Å²) < 4.78 is 17.2. The van der Waals surface area contributed by atoms with E-state index in [2.05, 4.69) is 27.6 Å². The lowest BCUT2D eigenvalue weighted by molar-refractivity contribution is -0.472. The highest BCUT2D eigenvalue weighted by Crippen LogP contribution is 2.03. The SMILES string of the molecule is CCOC(OCC)C(C[NH+]=CC(I)=CN)OC. The van der Waals surface area contributed by atoms with E-state index in [0.717, 1.165) is 3.58 Å². The molecule has 5 nitrogen and oxygen atoms in total. The molecule has 1 atom stereocenters. The molecule has 0 amide bonds. The van der Waals surface area contributed by atoms with Crippen molar-refractivity contribution in [1.29, 1.82) is 0 Å². The first kappa shape index (κ1) is 16.8. The first-order chi connectivity index (χ1) is 8.19. The quantitative estimate of drug-likeness (QED) is 0.340. The van der Waals surface area contributed by atoms with Gasteiger partial charge in [-0.05, 0) is 36.4 Å². The molecule has 0 aromatic heterocycles. The van der Waals surface area contributed by atoms with E-state index in [1.807, 2.05) is 20.1 Å². The van der Waals surface area contributed by atoms with E-state index in [0.29, 0.717) is 19.8 Å². The maximum absolute atomic E-state index is 5.48. The largest absolute Gasteiger partial charge is 0.404 e. The second-order valence-corrected chi connectivity index (χ2v) is 4.40. The third-order valence-electron chi connectivity index (χ3n) is 1.99. The zero-order valence-corrected chi connectivity index (χ0v) is 12.8. The van der Waals surface area contributed by atoms with Crippen LogP contribution >= 0.6 is 22.6 Å². The highest BCUT2D eigenvalue weighted by Gasteiger charge is 2.23. The Kier molecular flexibility index (Phi) is 10.8. The third kappa shape index (κ3) is 7.69. The summed E-state index contributed by atoms with van der Waals surface area (Å²) in [6, 6.07) is 0. The predicted octanol–water partition coefficient (Wildman–Crippen LogP) is -0.213. The minimum Gasteiger partial charge on any atom is -0.404 e. The van der Waals surface area contributed by atoms with Gasteiger partial charge in [0.25, 0.3) is 0 Å². The molecule has 100 valence electrons. The molecule has 17 heavy (non-hydrogen) atoms. The van der Waals surface area contributed by atoms with E-state index in [9.17, 15) is 0 Å². The first-order valence-corrected chi connectivity index (χ1v) is 6.67. The van der Waals surface area contributed by atoms with E-state index in [1.54, 1.807) is 7.11 Å². The van der Waals surface area contributed by atoms with Crippen LogP contribution in [-0.4, -0.2) is 45.5 Å². The molecular weight excluding hydrogens is 335 g/mol. The fourth-order valence-electron chi connectivity index (χ4n) is 1.20. The van der Waals surface area contributed by atoms with Crippen LogP contribution in [0.5, 0.6) is 0 Å².